The standard InChI is InChI=1S/C16H18N6O2/c1-21-11-14(17-20-21)15(23)18-19-16(24)22-9-5-8-13(10-22)12-6-3-2-4-7-12/h2-4,6-8,11H,5,9-10H2,1H3,(H,18,23)(H,19,24). The predicted molar refractivity (Wildman–Crippen MR) is 87.6 cm³/mol. The third-order valence-electron chi connectivity index (χ3n) is 3.70. The van der Waals surface area contributed by atoms with Gasteiger partial charge in [0.1, 0.15) is 0 Å². The molecule has 3 amide bonds. The molecule has 24 heavy (non-hydrogen) atoms. The number of amides is 3. The number of benzene rings is 1. The van der Waals surface area contributed by atoms with E-state index in [9.17, 15) is 9.59 Å². The van der Waals surface area contributed by atoms with Crippen molar-refractivity contribution in [2.75, 3.05) is 13.1 Å². The first-order chi connectivity index (χ1) is 11.6. The fourth-order valence-electron chi connectivity index (χ4n) is 2.48. The van der Waals surface area contributed by atoms with Gasteiger partial charge in [0.25, 0.3) is 5.91 Å². The zero-order chi connectivity index (χ0) is 16.9. The Labute approximate surface area is 139 Å². The van der Waals surface area contributed by atoms with Crippen LogP contribution in [-0.2, 0) is 7.05 Å². The van der Waals surface area contributed by atoms with Gasteiger partial charge in [0.2, 0.25) is 0 Å². The minimum Gasteiger partial charge on any atom is -0.319 e. The van der Waals surface area contributed by atoms with Crippen LogP contribution < -0.4 is 10.9 Å². The molecule has 0 fully saturated rings. The van der Waals surface area contributed by atoms with Crippen molar-refractivity contribution in [2.45, 2.75) is 6.42 Å². The molecule has 8 heteroatoms. The highest BCUT2D eigenvalue weighted by atomic mass is 16.2. The van der Waals surface area contributed by atoms with Crippen LogP contribution in [0, 0.1) is 0 Å². The number of aromatic nitrogens is 3. The average Bonchev–Trinajstić information content (AvgIpc) is 3.07. The zero-order valence-corrected chi connectivity index (χ0v) is 13.3. The van der Waals surface area contributed by atoms with Crippen molar-refractivity contribution in [2.24, 2.45) is 7.05 Å². The van der Waals surface area contributed by atoms with Crippen LogP contribution in [0.2, 0.25) is 0 Å². The Kier molecular flexibility index (Phi) is 4.55. The first-order valence-corrected chi connectivity index (χ1v) is 7.59. The van der Waals surface area contributed by atoms with Crippen LogP contribution in [0.15, 0.2) is 42.6 Å². The highest BCUT2D eigenvalue weighted by molar-refractivity contribution is 5.93. The molecule has 1 aromatic heterocycles. The fraction of sp³-hybridized carbons (Fsp3) is 0.250. The van der Waals surface area contributed by atoms with E-state index in [1.165, 1.54) is 10.9 Å². The van der Waals surface area contributed by atoms with Gasteiger partial charge in [0, 0.05) is 20.1 Å². The molecule has 0 unspecified atom stereocenters. The number of nitrogens with zero attached hydrogens (tertiary/aromatic N) is 4. The van der Waals surface area contributed by atoms with E-state index in [-0.39, 0.29) is 11.7 Å². The van der Waals surface area contributed by atoms with Gasteiger partial charge in [0.05, 0.1) is 6.20 Å². The zero-order valence-electron chi connectivity index (χ0n) is 13.3. The second kappa shape index (κ2) is 6.95. The number of carbonyl (C=O) groups excluding carboxylic acids is 2. The monoisotopic (exact) mass is 326 g/mol. The van der Waals surface area contributed by atoms with Crippen LogP contribution in [0.3, 0.4) is 0 Å². The molecule has 0 bridgehead atoms. The Balaban J connectivity index is 1.56. The number of aryl methyl sites for hydroxylation is 1. The lowest BCUT2D eigenvalue weighted by atomic mass is 10.0. The molecule has 0 radical (unpaired) electrons. The summed E-state index contributed by atoms with van der Waals surface area (Å²) in [4.78, 5) is 25.8. The van der Waals surface area contributed by atoms with Gasteiger partial charge in [-0.15, -0.1) is 5.10 Å². The van der Waals surface area contributed by atoms with Gasteiger partial charge in [-0.1, -0.05) is 41.6 Å². The van der Waals surface area contributed by atoms with Gasteiger partial charge >= 0.3 is 6.03 Å². The summed E-state index contributed by atoms with van der Waals surface area (Å²) >= 11 is 0. The average molecular weight is 326 g/mol. The SMILES string of the molecule is Cn1cc(C(=O)NNC(=O)N2CCC=C(c3ccccc3)C2)nn1. The second-order valence-electron chi connectivity index (χ2n) is 5.47. The van der Waals surface area contributed by atoms with Crippen molar-refractivity contribution < 1.29 is 9.59 Å². The van der Waals surface area contributed by atoms with Crippen molar-refractivity contribution in [3.63, 3.8) is 0 Å². The largest absolute Gasteiger partial charge is 0.336 e. The summed E-state index contributed by atoms with van der Waals surface area (Å²) in [6.45, 7) is 1.10. The number of nitrogens with one attached hydrogen (secondary N) is 2. The minimum atomic E-state index is -0.507. The molecule has 8 nitrogen and oxygen atoms in total. The smallest absolute Gasteiger partial charge is 0.319 e. The molecule has 2 heterocycles. The van der Waals surface area contributed by atoms with Crippen LogP contribution in [-0.4, -0.2) is 44.9 Å². The first kappa shape index (κ1) is 15.7. The molecule has 1 aliphatic rings. The van der Waals surface area contributed by atoms with Crippen LogP contribution in [0.5, 0.6) is 0 Å². The summed E-state index contributed by atoms with van der Waals surface area (Å²) in [6.07, 6.45) is 4.38. The van der Waals surface area contributed by atoms with Crippen molar-refractivity contribution >= 4 is 17.5 Å². The number of hydrogen-bond acceptors (Lipinski definition) is 4. The number of carbonyl (C=O) groups is 2. The van der Waals surface area contributed by atoms with E-state index in [0.29, 0.717) is 13.1 Å². The summed E-state index contributed by atoms with van der Waals surface area (Å²) in [5.74, 6) is -0.507. The Hall–Kier alpha value is -3.16. The van der Waals surface area contributed by atoms with E-state index in [1.54, 1.807) is 11.9 Å². The summed E-state index contributed by atoms with van der Waals surface area (Å²) in [7, 11) is 1.66. The van der Waals surface area contributed by atoms with E-state index in [4.69, 9.17) is 0 Å². The second-order valence-corrected chi connectivity index (χ2v) is 5.47. The molecule has 1 aliphatic heterocycles. The lowest BCUT2D eigenvalue weighted by molar-refractivity contribution is 0.0925. The molecule has 0 atom stereocenters. The van der Waals surface area contributed by atoms with Crippen LogP contribution in [0.4, 0.5) is 4.79 Å². The van der Waals surface area contributed by atoms with Gasteiger partial charge in [0.15, 0.2) is 5.69 Å². The van der Waals surface area contributed by atoms with E-state index in [0.717, 1.165) is 17.6 Å². The highest BCUT2D eigenvalue weighted by Crippen LogP contribution is 2.20. The summed E-state index contributed by atoms with van der Waals surface area (Å²) in [5, 5.41) is 7.36. The molecule has 0 saturated carbocycles. The Morgan fingerprint density at radius 1 is 1.17 bits per heavy atom. The normalized spacial score (nSPS) is 14.0. The van der Waals surface area contributed by atoms with Gasteiger partial charge < -0.3 is 4.90 Å². The Morgan fingerprint density at radius 2 is 1.96 bits per heavy atom. The minimum absolute atomic E-state index is 0.140. The van der Waals surface area contributed by atoms with E-state index >= 15 is 0 Å². The third-order valence-corrected chi connectivity index (χ3v) is 3.70. The van der Waals surface area contributed by atoms with Crippen molar-refractivity contribution in [1.29, 1.82) is 0 Å². The van der Waals surface area contributed by atoms with Crippen LogP contribution in [0.25, 0.3) is 5.57 Å². The van der Waals surface area contributed by atoms with E-state index in [1.807, 2.05) is 30.3 Å². The number of hydrogen-bond donors (Lipinski definition) is 2. The highest BCUT2D eigenvalue weighted by Gasteiger charge is 2.20. The molecule has 2 aromatic rings. The maximum atomic E-state index is 12.2. The lowest BCUT2D eigenvalue weighted by Gasteiger charge is -2.27. The lowest BCUT2D eigenvalue weighted by Crippen LogP contribution is -2.50. The molecular formula is C16H18N6O2. The molecule has 1 aromatic carbocycles. The molecule has 0 saturated heterocycles. The summed E-state index contributed by atoms with van der Waals surface area (Å²) in [5.41, 5.74) is 7.09. The van der Waals surface area contributed by atoms with Gasteiger partial charge in [-0.3, -0.25) is 14.9 Å². The topological polar surface area (TPSA) is 92.2 Å². The molecule has 2 N–H and O–H groups in total. The molecular weight excluding hydrogens is 308 g/mol. The first-order valence-electron chi connectivity index (χ1n) is 7.59. The van der Waals surface area contributed by atoms with Gasteiger partial charge in [-0.05, 0) is 17.6 Å². The number of rotatable bonds is 2. The van der Waals surface area contributed by atoms with Crippen molar-refractivity contribution in [3.8, 4) is 0 Å². The third kappa shape index (κ3) is 3.60. The summed E-state index contributed by atoms with van der Waals surface area (Å²) < 4.78 is 1.41. The number of urea groups is 1. The molecule has 3 rings (SSSR count). The quantitative estimate of drug-likeness (QED) is 0.804. The van der Waals surface area contributed by atoms with Crippen LogP contribution >= 0.6 is 0 Å². The van der Waals surface area contributed by atoms with Gasteiger partial charge in [-0.25, -0.2) is 10.2 Å². The van der Waals surface area contributed by atoms with Crippen molar-refractivity contribution in [3.05, 3.63) is 53.9 Å². The summed E-state index contributed by atoms with van der Waals surface area (Å²) in [6, 6.07) is 9.58. The van der Waals surface area contributed by atoms with Gasteiger partial charge in [-0.2, -0.15) is 0 Å². The van der Waals surface area contributed by atoms with E-state index < -0.39 is 5.91 Å². The van der Waals surface area contributed by atoms with Crippen LogP contribution in [0.1, 0.15) is 22.5 Å². The molecule has 0 spiro atoms. The predicted octanol–water partition coefficient (Wildman–Crippen LogP) is 0.959. The number of hydrazine groups is 1. The van der Waals surface area contributed by atoms with Crippen molar-refractivity contribution in [1.82, 2.24) is 30.7 Å². The maximum Gasteiger partial charge on any atom is 0.336 e. The fourth-order valence-corrected chi connectivity index (χ4v) is 2.48. The maximum absolute atomic E-state index is 12.2. The molecule has 0 aliphatic carbocycles. The Bertz CT molecular complexity index is 768. The van der Waals surface area contributed by atoms with E-state index in [2.05, 4.69) is 27.2 Å². The Morgan fingerprint density at radius 3 is 2.67 bits per heavy atom. The molecule has 124 valence electrons.